The van der Waals surface area contributed by atoms with Crippen molar-refractivity contribution in [2.75, 3.05) is 7.11 Å². The zero-order valence-corrected chi connectivity index (χ0v) is 10.1. The molecule has 3 heteroatoms. The second-order valence-corrected chi connectivity index (χ2v) is 4.54. The Morgan fingerprint density at radius 1 is 1.47 bits per heavy atom. The minimum Gasteiger partial charge on any atom is -0.497 e. The van der Waals surface area contributed by atoms with Crippen LogP contribution in [-0.2, 0) is 11.2 Å². The summed E-state index contributed by atoms with van der Waals surface area (Å²) in [5, 5.41) is 8.88. The van der Waals surface area contributed by atoms with Gasteiger partial charge in [0.1, 0.15) is 5.75 Å². The first-order chi connectivity index (χ1) is 8.10. The summed E-state index contributed by atoms with van der Waals surface area (Å²) in [4.78, 5) is 10.8. The fourth-order valence-electron chi connectivity index (χ4n) is 2.40. The minimum atomic E-state index is -0.879. The maximum absolute atomic E-state index is 10.8. The summed E-state index contributed by atoms with van der Waals surface area (Å²) < 4.78 is 5.20. The molecule has 0 aromatic heterocycles. The number of benzene rings is 1. The fraction of sp³-hybridized carbons (Fsp3) is 0.357. The highest BCUT2D eigenvalue weighted by atomic mass is 16.5. The van der Waals surface area contributed by atoms with Gasteiger partial charge in [-0.15, -0.1) is 0 Å². The van der Waals surface area contributed by atoms with Gasteiger partial charge in [0.05, 0.1) is 7.11 Å². The number of carboxylic acid groups (broad SMARTS) is 1. The monoisotopic (exact) mass is 232 g/mol. The second-order valence-electron chi connectivity index (χ2n) is 4.54. The molecule has 1 aromatic rings. The molecule has 0 saturated heterocycles. The molecule has 1 unspecified atom stereocenters. The lowest BCUT2D eigenvalue weighted by molar-refractivity contribution is -0.131. The standard InChI is InChI=1S/C14H16O3/c1-9-5-10-7-12(17-2)3-4-13(10)11(6-9)8-14(15)16/h3-4,7-9H,5-6H2,1-2H3,(H,15,16)/b11-8+. The molecule has 1 aliphatic carbocycles. The van der Waals surface area contributed by atoms with Gasteiger partial charge in [-0.1, -0.05) is 13.0 Å². The average Bonchev–Trinajstić information content (AvgIpc) is 2.27. The van der Waals surface area contributed by atoms with Crippen LogP contribution >= 0.6 is 0 Å². The predicted octanol–water partition coefficient (Wildman–Crippen LogP) is 2.75. The van der Waals surface area contributed by atoms with Crippen LogP contribution in [0.1, 0.15) is 24.5 Å². The zero-order valence-electron chi connectivity index (χ0n) is 10.1. The lowest BCUT2D eigenvalue weighted by Gasteiger charge is -2.24. The Hall–Kier alpha value is -1.77. The summed E-state index contributed by atoms with van der Waals surface area (Å²) in [6.45, 7) is 2.14. The summed E-state index contributed by atoms with van der Waals surface area (Å²) in [5.41, 5.74) is 3.14. The smallest absolute Gasteiger partial charge is 0.328 e. The van der Waals surface area contributed by atoms with Crippen molar-refractivity contribution in [2.24, 2.45) is 5.92 Å². The number of carbonyl (C=O) groups is 1. The average molecular weight is 232 g/mol. The van der Waals surface area contributed by atoms with E-state index < -0.39 is 5.97 Å². The molecular weight excluding hydrogens is 216 g/mol. The van der Waals surface area contributed by atoms with E-state index in [0.717, 1.165) is 29.7 Å². The number of hydrogen-bond donors (Lipinski definition) is 1. The molecule has 17 heavy (non-hydrogen) atoms. The van der Waals surface area contributed by atoms with Crippen LogP contribution in [0.4, 0.5) is 0 Å². The Bertz CT molecular complexity index is 474. The molecule has 0 bridgehead atoms. The molecule has 0 spiro atoms. The number of hydrogen-bond acceptors (Lipinski definition) is 2. The molecule has 2 rings (SSSR count). The molecule has 1 aliphatic rings. The van der Waals surface area contributed by atoms with E-state index >= 15 is 0 Å². The normalized spacial score (nSPS) is 21.1. The van der Waals surface area contributed by atoms with Crippen molar-refractivity contribution in [2.45, 2.75) is 19.8 Å². The Morgan fingerprint density at radius 2 is 2.24 bits per heavy atom. The summed E-state index contributed by atoms with van der Waals surface area (Å²) in [6.07, 6.45) is 3.12. The van der Waals surface area contributed by atoms with E-state index in [-0.39, 0.29) is 0 Å². The molecule has 3 nitrogen and oxygen atoms in total. The van der Waals surface area contributed by atoms with Gasteiger partial charge in [-0.2, -0.15) is 0 Å². The third-order valence-corrected chi connectivity index (χ3v) is 3.09. The van der Waals surface area contributed by atoms with E-state index in [2.05, 4.69) is 6.92 Å². The number of methoxy groups -OCH3 is 1. The van der Waals surface area contributed by atoms with Gasteiger partial charge in [0.25, 0.3) is 0 Å². The lowest BCUT2D eigenvalue weighted by Crippen LogP contribution is -2.11. The number of allylic oxidation sites excluding steroid dienone is 1. The molecule has 0 heterocycles. The lowest BCUT2D eigenvalue weighted by atomic mass is 9.81. The number of rotatable bonds is 2. The Labute approximate surface area is 101 Å². The molecular formula is C14H16O3. The molecule has 0 saturated carbocycles. The van der Waals surface area contributed by atoms with Gasteiger partial charge in [0.2, 0.25) is 0 Å². The zero-order chi connectivity index (χ0) is 12.4. The quantitative estimate of drug-likeness (QED) is 0.797. The first-order valence-corrected chi connectivity index (χ1v) is 5.71. The van der Waals surface area contributed by atoms with Crippen LogP contribution in [0.3, 0.4) is 0 Å². The van der Waals surface area contributed by atoms with Gasteiger partial charge in [-0.25, -0.2) is 4.79 Å². The molecule has 0 radical (unpaired) electrons. The van der Waals surface area contributed by atoms with E-state index in [1.165, 1.54) is 11.6 Å². The third-order valence-electron chi connectivity index (χ3n) is 3.09. The van der Waals surface area contributed by atoms with Crippen LogP contribution in [0, 0.1) is 5.92 Å². The van der Waals surface area contributed by atoms with Crippen molar-refractivity contribution in [1.29, 1.82) is 0 Å². The molecule has 90 valence electrons. The Morgan fingerprint density at radius 3 is 2.88 bits per heavy atom. The van der Waals surface area contributed by atoms with Crippen LogP contribution in [0.5, 0.6) is 5.75 Å². The van der Waals surface area contributed by atoms with Crippen molar-refractivity contribution in [3.63, 3.8) is 0 Å². The van der Waals surface area contributed by atoms with Crippen molar-refractivity contribution in [3.8, 4) is 5.75 Å². The van der Waals surface area contributed by atoms with Crippen LogP contribution in [0.2, 0.25) is 0 Å². The molecule has 0 amide bonds. The summed E-state index contributed by atoms with van der Waals surface area (Å²) in [7, 11) is 1.64. The Kier molecular flexibility index (Phi) is 3.18. The van der Waals surface area contributed by atoms with E-state index in [9.17, 15) is 4.79 Å². The maximum atomic E-state index is 10.8. The fourth-order valence-corrected chi connectivity index (χ4v) is 2.40. The Balaban J connectivity index is 2.47. The highest BCUT2D eigenvalue weighted by Gasteiger charge is 2.20. The van der Waals surface area contributed by atoms with Gasteiger partial charge >= 0.3 is 5.97 Å². The number of carboxylic acids is 1. The summed E-state index contributed by atoms with van der Waals surface area (Å²) in [6, 6.07) is 5.83. The van der Waals surface area contributed by atoms with Crippen molar-refractivity contribution in [1.82, 2.24) is 0 Å². The molecule has 1 aromatic carbocycles. The summed E-state index contributed by atoms with van der Waals surface area (Å²) >= 11 is 0. The number of ether oxygens (including phenoxy) is 1. The third kappa shape index (κ3) is 2.49. The highest BCUT2D eigenvalue weighted by Crippen LogP contribution is 2.35. The van der Waals surface area contributed by atoms with Crippen molar-refractivity contribution >= 4 is 11.5 Å². The molecule has 1 N–H and O–H groups in total. The van der Waals surface area contributed by atoms with Crippen molar-refractivity contribution in [3.05, 3.63) is 35.4 Å². The summed E-state index contributed by atoms with van der Waals surface area (Å²) in [5.74, 6) is 0.420. The van der Waals surface area contributed by atoms with E-state index in [4.69, 9.17) is 9.84 Å². The second kappa shape index (κ2) is 4.62. The van der Waals surface area contributed by atoms with Crippen LogP contribution in [0.25, 0.3) is 5.57 Å². The van der Waals surface area contributed by atoms with Crippen molar-refractivity contribution < 1.29 is 14.6 Å². The van der Waals surface area contributed by atoms with E-state index in [1.54, 1.807) is 7.11 Å². The van der Waals surface area contributed by atoms with Crippen LogP contribution in [0.15, 0.2) is 24.3 Å². The predicted molar refractivity (Wildman–Crippen MR) is 66.1 cm³/mol. The van der Waals surface area contributed by atoms with Crippen LogP contribution in [-0.4, -0.2) is 18.2 Å². The number of fused-ring (bicyclic) bond motifs is 1. The van der Waals surface area contributed by atoms with Gasteiger partial charge in [0, 0.05) is 6.08 Å². The topological polar surface area (TPSA) is 46.5 Å². The number of aliphatic carboxylic acids is 1. The SMILES string of the molecule is COc1ccc2c(c1)CC(C)C/C2=C\C(=O)O. The largest absolute Gasteiger partial charge is 0.497 e. The van der Waals surface area contributed by atoms with Crippen LogP contribution < -0.4 is 4.74 Å². The minimum absolute atomic E-state index is 0.472. The molecule has 1 atom stereocenters. The first kappa shape index (κ1) is 11.7. The van der Waals surface area contributed by atoms with Gasteiger partial charge in [0.15, 0.2) is 0 Å². The highest BCUT2D eigenvalue weighted by molar-refractivity contribution is 5.91. The van der Waals surface area contributed by atoms with E-state index in [1.807, 2.05) is 18.2 Å². The molecule has 0 aliphatic heterocycles. The maximum Gasteiger partial charge on any atom is 0.328 e. The van der Waals surface area contributed by atoms with Gasteiger partial charge in [-0.3, -0.25) is 0 Å². The molecule has 0 fully saturated rings. The van der Waals surface area contributed by atoms with E-state index in [0.29, 0.717) is 5.92 Å². The van der Waals surface area contributed by atoms with Gasteiger partial charge < -0.3 is 9.84 Å². The van der Waals surface area contributed by atoms with Gasteiger partial charge in [-0.05, 0) is 47.6 Å². The first-order valence-electron chi connectivity index (χ1n) is 5.71.